The maximum absolute atomic E-state index is 17.8. The van der Waals surface area contributed by atoms with E-state index in [9.17, 15) is 14.3 Å². The Labute approximate surface area is 344 Å². The number of alkyl halides is 1. The molecule has 10 nitrogen and oxygen atoms in total. The zero-order valence-corrected chi connectivity index (χ0v) is 35.9. The highest BCUT2D eigenvalue weighted by Crippen LogP contribution is 2.48. The van der Waals surface area contributed by atoms with E-state index in [0.29, 0.717) is 71.1 Å². The minimum absolute atomic E-state index is 0.0628. The van der Waals surface area contributed by atoms with Gasteiger partial charge in [0.15, 0.2) is 5.82 Å². The maximum Gasteiger partial charge on any atom is 0.407 e. The van der Waals surface area contributed by atoms with Gasteiger partial charge in [-0.05, 0) is 67.2 Å². The van der Waals surface area contributed by atoms with E-state index < -0.39 is 55.7 Å². The number of ether oxygens (including phenoxy) is 2. The second-order valence-electron chi connectivity index (χ2n) is 18.4. The number of hydrogen-bond acceptors (Lipinski definition) is 8. The highest BCUT2D eigenvalue weighted by molar-refractivity contribution is 6.90. The number of amides is 1. The van der Waals surface area contributed by atoms with Gasteiger partial charge in [0, 0.05) is 30.5 Å². The normalized spacial score (nSPS) is 26.4. The average molecular weight is 827 g/mol. The monoisotopic (exact) mass is 826 g/mol. The summed E-state index contributed by atoms with van der Waals surface area (Å²) in [4.78, 5) is 32.8. The number of benzene rings is 2. The molecule has 5 aliphatic rings. The van der Waals surface area contributed by atoms with Crippen molar-refractivity contribution >= 4 is 41.7 Å². The first-order chi connectivity index (χ1) is 28.1. The molecule has 1 N–H and O–H groups in total. The first kappa shape index (κ1) is 39.8. The number of pyridine rings is 1. The van der Waals surface area contributed by atoms with E-state index in [-0.39, 0.29) is 46.7 Å². The minimum Gasteiger partial charge on any atom is -0.472 e. The Kier molecular flexibility index (Phi) is 9.81. The van der Waals surface area contributed by atoms with Crippen molar-refractivity contribution in [1.29, 1.82) is 0 Å². The number of carbonyl (C=O) groups is 1. The molecule has 4 saturated heterocycles. The summed E-state index contributed by atoms with van der Waals surface area (Å²) in [5, 5.41) is 11.7. The van der Waals surface area contributed by atoms with E-state index in [2.05, 4.69) is 57.9 Å². The first-order valence-corrected chi connectivity index (χ1v) is 23.5. The van der Waals surface area contributed by atoms with Crippen LogP contribution in [-0.2, 0) is 0 Å². The van der Waals surface area contributed by atoms with Gasteiger partial charge in [-0.1, -0.05) is 71.7 Å². The third-order valence-electron chi connectivity index (χ3n) is 14.4. The Morgan fingerprint density at radius 2 is 1.80 bits per heavy atom. The van der Waals surface area contributed by atoms with Gasteiger partial charge in [0.2, 0.25) is 5.88 Å². The van der Waals surface area contributed by atoms with Crippen molar-refractivity contribution in [3.05, 3.63) is 47.5 Å². The van der Waals surface area contributed by atoms with E-state index in [0.717, 1.165) is 19.4 Å². The third kappa shape index (κ3) is 6.15. The molecule has 0 saturated carbocycles. The molecule has 312 valence electrons. The van der Waals surface area contributed by atoms with Crippen molar-refractivity contribution in [3.63, 3.8) is 0 Å². The van der Waals surface area contributed by atoms with Crippen LogP contribution in [0.5, 0.6) is 11.9 Å². The molecule has 0 spiro atoms. The number of anilines is 1. The highest BCUT2D eigenvalue weighted by atomic mass is 28.3. The third-order valence-corrected chi connectivity index (χ3v) is 20.7. The second-order valence-corrected chi connectivity index (χ2v) is 24.0. The number of aromatic nitrogens is 3. The standard InChI is InChI=1S/C45H53F3N6O4Si/c1-24(2)59(25(3)4,26(5)6)19-16-31-33(47)14-12-28-10-8-11-32(35(28)31)38-37(48)39-36-41(51-43(50-39)57-23-45-17-9-18-52(45)21-29(46)20-45)53-22-30-13-15-34(54(30)44(55)56)40(53)27(7)58-42(36)49-38/h8,10-12,14,24-27,29-30,34,40H,9,13,15,17-18,20-23H2,1-7H3,(H,55,56)/t27?,29-,30?,34?,40?,45+/m1/s1. The van der Waals surface area contributed by atoms with E-state index in [1.165, 1.54) is 11.0 Å². The Morgan fingerprint density at radius 3 is 2.53 bits per heavy atom. The van der Waals surface area contributed by atoms with Gasteiger partial charge in [0.1, 0.15) is 55.2 Å². The molecule has 1 amide bonds. The molecule has 6 atom stereocenters. The Morgan fingerprint density at radius 1 is 1.03 bits per heavy atom. The molecule has 14 heteroatoms. The van der Waals surface area contributed by atoms with Crippen molar-refractivity contribution in [2.45, 2.75) is 133 Å². The van der Waals surface area contributed by atoms with Gasteiger partial charge in [-0.2, -0.15) is 9.97 Å². The van der Waals surface area contributed by atoms with E-state index in [4.69, 9.17) is 24.4 Å². The molecule has 0 radical (unpaired) electrons. The van der Waals surface area contributed by atoms with Crippen LogP contribution in [0.2, 0.25) is 16.6 Å². The fourth-order valence-corrected chi connectivity index (χ4v) is 17.1. The van der Waals surface area contributed by atoms with Crippen molar-refractivity contribution in [2.75, 3.05) is 31.1 Å². The Hall–Kier alpha value is -4.61. The lowest BCUT2D eigenvalue weighted by Crippen LogP contribution is -2.64. The van der Waals surface area contributed by atoms with Crippen molar-refractivity contribution in [2.24, 2.45) is 0 Å². The molecule has 2 aromatic carbocycles. The molecule has 2 bridgehead atoms. The number of fused-ring (bicyclic) bond motifs is 7. The van der Waals surface area contributed by atoms with E-state index in [1.807, 2.05) is 17.9 Å². The van der Waals surface area contributed by atoms with Gasteiger partial charge in [-0.25, -0.2) is 22.9 Å². The Balaban J connectivity index is 1.25. The van der Waals surface area contributed by atoms with Gasteiger partial charge >= 0.3 is 12.1 Å². The lowest BCUT2D eigenvalue weighted by atomic mass is 9.95. The first-order valence-electron chi connectivity index (χ1n) is 21.3. The van der Waals surface area contributed by atoms with Crippen molar-refractivity contribution in [1.82, 2.24) is 24.8 Å². The molecule has 0 aliphatic carbocycles. The molecule has 5 aliphatic heterocycles. The van der Waals surface area contributed by atoms with Crippen LogP contribution in [0.1, 0.15) is 86.1 Å². The molecule has 2 aromatic heterocycles. The summed E-state index contributed by atoms with van der Waals surface area (Å²) in [6.07, 6.45) is 0.798. The molecule has 4 fully saturated rings. The largest absolute Gasteiger partial charge is 0.472 e. The topological polar surface area (TPSA) is 104 Å². The predicted octanol–water partition coefficient (Wildman–Crippen LogP) is 9.13. The molecular formula is C45H53F3N6O4Si. The highest BCUT2D eigenvalue weighted by Gasteiger charge is 2.54. The summed E-state index contributed by atoms with van der Waals surface area (Å²) < 4.78 is 61.9. The van der Waals surface area contributed by atoms with Gasteiger partial charge < -0.3 is 19.5 Å². The summed E-state index contributed by atoms with van der Waals surface area (Å²) >= 11 is 0. The quantitative estimate of drug-likeness (QED) is 0.144. The van der Waals surface area contributed by atoms with Crippen LogP contribution in [0.25, 0.3) is 32.9 Å². The minimum atomic E-state index is -2.30. The van der Waals surface area contributed by atoms with Crippen LogP contribution in [0, 0.1) is 23.1 Å². The summed E-state index contributed by atoms with van der Waals surface area (Å²) in [6.45, 7) is 16.7. The number of rotatable bonds is 7. The van der Waals surface area contributed by atoms with Gasteiger partial charge in [0.05, 0.1) is 29.2 Å². The van der Waals surface area contributed by atoms with Crippen LogP contribution in [0.3, 0.4) is 0 Å². The zero-order chi connectivity index (χ0) is 41.7. The van der Waals surface area contributed by atoms with Crippen LogP contribution in [-0.4, -0.2) is 106 Å². The second kappa shape index (κ2) is 14.5. The number of hydrogen-bond donors (Lipinski definition) is 1. The van der Waals surface area contributed by atoms with Gasteiger partial charge in [-0.15, -0.1) is 5.54 Å². The Bertz CT molecular complexity index is 2400. The van der Waals surface area contributed by atoms with Crippen molar-refractivity contribution in [3.8, 4) is 34.6 Å². The average Bonchev–Trinajstić information content (AvgIpc) is 3.80. The zero-order valence-electron chi connectivity index (χ0n) is 34.9. The van der Waals surface area contributed by atoms with Crippen LogP contribution in [0.15, 0.2) is 30.3 Å². The number of carboxylic acid groups (broad SMARTS) is 1. The smallest absolute Gasteiger partial charge is 0.407 e. The van der Waals surface area contributed by atoms with Crippen LogP contribution in [0.4, 0.5) is 23.8 Å². The lowest BCUT2D eigenvalue weighted by molar-refractivity contribution is 0.0706. The summed E-state index contributed by atoms with van der Waals surface area (Å²) in [7, 11) is -2.30. The van der Waals surface area contributed by atoms with E-state index in [1.54, 1.807) is 18.2 Å². The number of halogens is 3. The maximum atomic E-state index is 17.8. The van der Waals surface area contributed by atoms with Crippen LogP contribution >= 0.6 is 0 Å². The molecule has 9 rings (SSSR count). The molecule has 4 aromatic rings. The summed E-state index contributed by atoms with van der Waals surface area (Å²) in [5.74, 6) is 2.53. The van der Waals surface area contributed by atoms with Crippen LogP contribution < -0.4 is 14.4 Å². The summed E-state index contributed by atoms with van der Waals surface area (Å²) in [6, 6.07) is 7.23. The fourth-order valence-electron chi connectivity index (χ4n) is 11.9. The van der Waals surface area contributed by atoms with Crippen molar-refractivity contribution < 1.29 is 32.5 Å². The molecule has 7 heterocycles. The van der Waals surface area contributed by atoms with E-state index >= 15 is 8.78 Å². The lowest BCUT2D eigenvalue weighted by Gasteiger charge is -2.47. The number of nitrogens with zero attached hydrogens (tertiary/aromatic N) is 6. The fraction of sp³-hybridized carbons (Fsp3) is 0.556. The molecule has 59 heavy (non-hydrogen) atoms. The predicted molar refractivity (Wildman–Crippen MR) is 225 cm³/mol. The molecular weight excluding hydrogens is 774 g/mol. The summed E-state index contributed by atoms with van der Waals surface area (Å²) in [5.41, 5.74) is 4.48. The SMILES string of the molecule is CC1Oc2nc(-c3cccc4ccc(F)c(C#C[Si](C(C)C)(C(C)C)C(C)C)c34)c(F)c3nc(OC[C@@]45CCCN4C[C@H](F)C5)nc(c23)N2CC3CCC(C12)N3C(=O)O. The number of piperazine rings is 1. The van der Waals surface area contributed by atoms with Gasteiger partial charge in [0.25, 0.3) is 0 Å². The molecule has 4 unspecified atom stereocenters. The van der Waals surface area contributed by atoms with Gasteiger partial charge in [-0.3, -0.25) is 9.80 Å².